The smallest absolute Gasteiger partial charge is 0.0409 e. The number of fused-ring (bicyclic) bond motifs is 5. The van der Waals surface area contributed by atoms with Crippen molar-refractivity contribution >= 4 is 11.6 Å². The Kier molecular flexibility index (Phi) is 3.08. The van der Waals surface area contributed by atoms with Crippen LogP contribution in [-0.2, 0) is 6.54 Å². The first kappa shape index (κ1) is 12.2. The number of nitrogens with one attached hydrogen (secondary N) is 1. The molecule has 2 bridgehead atoms. The van der Waals surface area contributed by atoms with Gasteiger partial charge in [-0.1, -0.05) is 30.2 Å². The molecule has 5 atom stereocenters. The lowest BCUT2D eigenvalue weighted by Gasteiger charge is -2.32. The summed E-state index contributed by atoms with van der Waals surface area (Å²) in [6.45, 7) is 0.978. The second kappa shape index (κ2) is 4.79. The zero-order valence-corrected chi connectivity index (χ0v) is 12.1. The number of benzene rings is 1. The molecular formula is C17H22ClN. The van der Waals surface area contributed by atoms with Crippen LogP contribution in [0.3, 0.4) is 0 Å². The summed E-state index contributed by atoms with van der Waals surface area (Å²) in [5.74, 6) is 4.15. The van der Waals surface area contributed by atoms with Gasteiger partial charge in [0.2, 0.25) is 0 Å². The van der Waals surface area contributed by atoms with Crippen molar-refractivity contribution in [1.29, 1.82) is 0 Å². The molecule has 3 aliphatic carbocycles. The fourth-order valence-electron chi connectivity index (χ4n) is 5.20. The molecule has 3 saturated carbocycles. The second-order valence-electron chi connectivity index (χ2n) is 6.77. The maximum Gasteiger partial charge on any atom is 0.0409 e. The standard InChI is InChI=1S/C17H22ClN/c18-13-4-1-3-11(7-13)10-19-17-9-12-8-16(17)15-6-2-5-14(12)15/h1,3-4,7,12,14-17,19H,2,5-6,8-10H2/t12-,14-,15+,16-,17+/m1/s1. The molecule has 1 N–H and O–H groups in total. The highest BCUT2D eigenvalue weighted by Crippen LogP contribution is 2.58. The van der Waals surface area contributed by atoms with E-state index in [-0.39, 0.29) is 0 Å². The van der Waals surface area contributed by atoms with Gasteiger partial charge < -0.3 is 5.32 Å². The quantitative estimate of drug-likeness (QED) is 0.869. The van der Waals surface area contributed by atoms with Crippen LogP contribution in [0, 0.1) is 23.7 Å². The zero-order chi connectivity index (χ0) is 12.8. The van der Waals surface area contributed by atoms with E-state index in [0.29, 0.717) is 0 Å². The second-order valence-corrected chi connectivity index (χ2v) is 7.21. The third-order valence-corrected chi connectivity index (χ3v) is 6.12. The third kappa shape index (κ3) is 2.11. The first-order valence-electron chi connectivity index (χ1n) is 7.79. The normalized spacial score (nSPS) is 39.7. The highest BCUT2D eigenvalue weighted by molar-refractivity contribution is 6.30. The van der Waals surface area contributed by atoms with Gasteiger partial charge >= 0.3 is 0 Å². The zero-order valence-electron chi connectivity index (χ0n) is 11.3. The highest BCUT2D eigenvalue weighted by atomic mass is 35.5. The largest absolute Gasteiger partial charge is 0.310 e. The fraction of sp³-hybridized carbons (Fsp3) is 0.647. The van der Waals surface area contributed by atoms with E-state index in [4.69, 9.17) is 11.6 Å². The molecule has 0 spiro atoms. The van der Waals surface area contributed by atoms with Crippen LogP contribution in [0.5, 0.6) is 0 Å². The van der Waals surface area contributed by atoms with E-state index in [1.54, 1.807) is 0 Å². The number of hydrogen-bond donors (Lipinski definition) is 1. The van der Waals surface area contributed by atoms with Crippen molar-refractivity contribution in [3.05, 3.63) is 34.9 Å². The van der Waals surface area contributed by atoms with Crippen molar-refractivity contribution in [2.75, 3.05) is 0 Å². The van der Waals surface area contributed by atoms with Crippen LogP contribution < -0.4 is 5.32 Å². The molecule has 0 aromatic heterocycles. The molecule has 0 aliphatic heterocycles. The van der Waals surface area contributed by atoms with Crippen molar-refractivity contribution < 1.29 is 0 Å². The van der Waals surface area contributed by atoms with Gasteiger partial charge in [0.05, 0.1) is 0 Å². The molecule has 102 valence electrons. The lowest BCUT2D eigenvalue weighted by Crippen LogP contribution is -2.38. The summed E-state index contributed by atoms with van der Waals surface area (Å²) in [6, 6.07) is 9.02. The summed E-state index contributed by atoms with van der Waals surface area (Å²) in [4.78, 5) is 0. The summed E-state index contributed by atoms with van der Waals surface area (Å²) in [6.07, 6.45) is 7.44. The van der Waals surface area contributed by atoms with Gasteiger partial charge in [0.25, 0.3) is 0 Å². The molecule has 0 heterocycles. The summed E-state index contributed by atoms with van der Waals surface area (Å²) in [5.41, 5.74) is 1.32. The Labute approximate surface area is 120 Å². The van der Waals surface area contributed by atoms with Crippen LogP contribution in [0.4, 0.5) is 0 Å². The van der Waals surface area contributed by atoms with Crippen molar-refractivity contribution in [2.45, 2.75) is 44.7 Å². The van der Waals surface area contributed by atoms with E-state index >= 15 is 0 Å². The van der Waals surface area contributed by atoms with Crippen molar-refractivity contribution in [3.8, 4) is 0 Å². The Hall–Kier alpha value is -0.530. The van der Waals surface area contributed by atoms with Crippen LogP contribution in [0.2, 0.25) is 5.02 Å². The van der Waals surface area contributed by atoms with Crippen LogP contribution in [0.25, 0.3) is 0 Å². The lowest BCUT2D eigenvalue weighted by molar-refractivity contribution is 0.208. The third-order valence-electron chi connectivity index (χ3n) is 5.89. The topological polar surface area (TPSA) is 12.0 Å². The minimum atomic E-state index is 0.767. The minimum Gasteiger partial charge on any atom is -0.310 e. The predicted molar refractivity (Wildman–Crippen MR) is 79.1 cm³/mol. The van der Waals surface area contributed by atoms with Crippen LogP contribution in [0.15, 0.2) is 24.3 Å². The highest BCUT2D eigenvalue weighted by Gasteiger charge is 2.53. The van der Waals surface area contributed by atoms with Gasteiger partial charge in [-0.3, -0.25) is 0 Å². The molecule has 4 rings (SSSR count). The monoisotopic (exact) mass is 275 g/mol. The lowest BCUT2D eigenvalue weighted by atomic mass is 9.79. The van der Waals surface area contributed by atoms with Crippen molar-refractivity contribution in [2.24, 2.45) is 23.7 Å². The van der Waals surface area contributed by atoms with Crippen molar-refractivity contribution in [3.63, 3.8) is 0 Å². The van der Waals surface area contributed by atoms with Gasteiger partial charge in [-0.25, -0.2) is 0 Å². The van der Waals surface area contributed by atoms with E-state index in [9.17, 15) is 0 Å². The van der Waals surface area contributed by atoms with E-state index in [1.807, 2.05) is 12.1 Å². The van der Waals surface area contributed by atoms with E-state index < -0.39 is 0 Å². The molecule has 3 aliphatic rings. The van der Waals surface area contributed by atoms with Gasteiger partial charge in [0.1, 0.15) is 0 Å². The first-order valence-corrected chi connectivity index (χ1v) is 8.17. The summed E-state index contributed by atoms with van der Waals surface area (Å²) >= 11 is 6.05. The van der Waals surface area contributed by atoms with E-state index in [1.165, 1.54) is 37.7 Å². The maximum atomic E-state index is 6.05. The summed E-state index contributed by atoms with van der Waals surface area (Å²) in [5, 5.41) is 4.66. The predicted octanol–water partition coefficient (Wildman–Crippen LogP) is 4.25. The Balaban J connectivity index is 1.40. The number of halogens is 1. The summed E-state index contributed by atoms with van der Waals surface area (Å²) in [7, 11) is 0. The van der Waals surface area contributed by atoms with Gasteiger partial charge in [-0.15, -0.1) is 0 Å². The maximum absolute atomic E-state index is 6.05. The van der Waals surface area contributed by atoms with Gasteiger partial charge in [-0.2, -0.15) is 0 Å². The molecule has 0 amide bonds. The van der Waals surface area contributed by atoms with Crippen LogP contribution in [-0.4, -0.2) is 6.04 Å². The molecule has 2 heteroatoms. The average molecular weight is 276 g/mol. The molecule has 0 saturated heterocycles. The Morgan fingerprint density at radius 1 is 1.11 bits per heavy atom. The number of rotatable bonds is 3. The molecule has 0 radical (unpaired) electrons. The molecular weight excluding hydrogens is 254 g/mol. The molecule has 19 heavy (non-hydrogen) atoms. The van der Waals surface area contributed by atoms with Crippen molar-refractivity contribution in [1.82, 2.24) is 5.32 Å². The molecule has 0 unspecified atom stereocenters. The first-order chi connectivity index (χ1) is 9.31. The van der Waals surface area contributed by atoms with E-state index in [2.05, 4.69) is 17.4 Å². The molecule has 1 aromatic rings. The SMILES string of the molecule is Clc1cccc(CN[C@H]2C[C@H]3C[C@@H]2[C@H]2CCC[C@H]32)c1. The molecule has 1 aromatic carbocycles. The average Bonchev–Trinajstić information content (AvgIpc) is 3.08. The Bertz CT molecular complexity index is 472. The molecule has 3 fully saturated rings. The van der Waals surface area contributed by atoms with Gasteiger partial charge in [-0.05, 0) is 67.1 Å². The Morgan fingerprint density at radius 3 is 2.89 bits per heavy atom. The van der Waals surface area contributed by atoms with Gasteiger partial charge in [0, 0.05) is 17.6 Å². The Morgan fingerprint density at radius 2 is 2.00 bits per heavy atom. The van der Waals surface area contributed by atoms with Crippen LogP contribution >= 0.6 is 11.6 Å². The molecule has 1 nitrogen and oxygen atoms in total. The minimum absolute atomic E-state index is 0.767. The fourth-order valence-corrected chi connectivity index (χ4v) is 5.41. The number of hydrogen-bond acceptors (Lipinski definition) is 1. The van der Waals surface area contributed by atoms with Gasteiger partial charge in [0.15, 0.2) is 0 Å². The summed E-state index contributed by atoms with van der Waals surface area (Å²) < 4.78 is 0. The van der Waals surface area contributed by atoms with E-state index in [0.717, 1.165) is 41.3 Å². The van der Waals surface area contributed by atoms with Crippen LogP contribution in [0.1, 0.15) is 37.7 Å².